The molecule has 0 bridgehead atoms. The first-order valence-electron chi connectivity index (χ1n) is 7.64. The Labute approximate surface area is 126 Å². The van der Waals surface area contributed by atoms with E-state index < -0.39 is 5.60 Å². The lowest BCUT2D eigenvalue weighted by Gasteiger charge is -2.42. The highest BCUT2D eigenvalue weighted by Crippen LogP contribution is 2.41. The molecule has 1 aromatic carbocycles. The van der Waals surface area contributed by atoms with Crippen molar-refractivity contribution in [2.45, 2.75) is 38.7 Å². The quantitative estimate of drug-likeness (QED) is 0.734. The fraction of sp³-hybridized carbons (Fsp3) is 0.588. The number of amides is 1. The predicted molar refractivity (Wildman–Crippen MR) is 80.6 cm³/mol. The van der Waals surface area contributed by atoms with Crippen LogP contribution in [0.4, 0.5) is 4.79 Å². The van der Waals surface area contributed by atoms with E-state index in [1.165, 1.54) is 5.56 Å². The molecule has 2 atom stereocenters. The van der Waals surface area contributed by atoms with Crippen molar-refractivity contribution >= 4 is 6.09 Å². The Kier molecular flexibility index (Phi) is 3.56. The first-order valence-corrected chi connectivity index (χ1v) is 7.64. The van der Waals surface area contributed by atoms with Gasteiger partial charge >= 0.3 is 6.09 Å². The van der Waals surface area contributed by atoms with Gasteiger partial charge in [0.15, 0.2) is 0 Å². The smallest absolute Gasteiger partial charge is 0.410 e. The molecule has 4 nitrogen and oxygen atoms in total. The maximum atomic E-state index is 12.3. The van der Waals surface area contributed by atoms with Gasteiger partial charge in [-0.05, 0) is 38.8 Å². The molecule has 1 saturated heterocycles. The fourth-order valence-corrected chi connectivity index (χ4v) is 3.16. The van der Waals surface area contributed by atoms with E-state index in [0.29, 0.717) is 11.8 Å². The summed E-state index contributed by atoms with van der Waals surface area (Å²) in [7, 11) is 0. The Morgan fingerprint density at radius 1 is 1.33 bits per heavy atom. The molecule has 0 N–H and O–H groups in total. The summed E-state index contributed by atoms with van der Waals surface area (Å²) in [5.74, 6) is 1.82. The molecular formula is C17H23NO3. The largest absolute Gasteiger partial charge is 0.493 e. The zero-order valence-corrected chi connectivity index (χ0v) is 13.0. The third kappa shape index (κ3) is 2.99. The molecule has 114 valence electrons. The van der Waals surface area contributed by atoms with Crippen molar-refractivity contribution in [3.8, 4) is 5.75 Å². The standard InChI is InChI=1S/C17H23NO3/c1-17(2,3)21-16(19)18-9-8-12-11-20-15-7-5-4-6-13(15)14(12)10-18/h4-7,12,14H,8-11H2,1-3H3/t12-,14-/m0/s1. The summed E-state index contributed by atoms with van der Waals surface area (Å²) in [6, 6.07) is 8.16. The number of piperidine rings is 1. The van der Waals surface area contributed by atoms with Crippen LogP contribution in [0.25, 0.3) is 0 Å². The Morgan fingerprint density at radius 2 is 2.10 bits per heavy atom. The van der Waals surface area contributed by atoms with Crippen molar-refractivity contribution in [1.82, 2.24) is 4.90 Å². The van der Waals surface area contributed by atoms with Gasteiger partial charge in [-0.15, -0.1) is 0 Å². The third-order valence-corrected chi connectivity index (χ3v) is 4.18. The molecule has 1 amide bonds. The number of hydrogen-bond donors (Lipinski definition) is 0. The summed E-state index contributed by atoms with van der Waals surface area (Å²) in [5.41, 5.74) is 0.781. The highest BCUT2D eigenvalue weighted by atomic mass is 16.6. The minimum atomic E-state index is -0.443. The number of nitrogens with zero attached hydrogens (tertiary/aromatic N) is 1. The van der Waals surface area contributed by atoms with Crippen LogP contribution in [0.2, 0.25) is 0 Å². The van der Waals surface area contributed by atoms with Gasteiger partial charge in [0, 0.05) is 24.9 Å². The second kappa shape index (κ2) is 5.24. The van der Waals surface area contributed by atoms with Gasteiger partial charge in [-0.1, -0.05) is 18.2 Å². The summed E-state index contributed by atoms with van der Waals surface area (Å²) in [6.07, 6.45) is 0.767. The van der Waals surface area contributed by atoms with Gasteiger partial charge in [0.25, 0.3) is 0 Å². The minimum absolute atomic E-state index is 0.204. The first-order chi connectivity index (χ1) is 9.94. The molecule has 0 aromatic heterocycles. The SMILES string of the molecule is CC(C)(C)OC(=O)N1CC[C@H]2COc3ccccc3[C@H]2C1. The number of likely N-dealkylation sites (tertiary alicyclic amines) is 1. The van der Waals surface area contributed by atoms with Crippen LogP contribution >= 0.6 is 0 Å². The molecule has 2 aliphatic rings. The van der Waals surface area contributed by atoms with Crippen molar-refractivity contribution in [3.63, 3.8) is 0 Å². The molecule has 0 aliphatic carbocycles. The van der Waals surface area contributed by atoms with Crippen LogP contribution in [0.15, 0.2) is 24.3 Å². The Hall–Kier alpha value is -1.71. The second-order valence-electron chi connectivity index (χ2n) is 6.93. The number of fused-ring (bicyclic) bond motifs is 3. The summed E-state index contributed by atoms with van der Waals surface area (Å²) in [4.78, 5) is 14.1. The normalized spacial score (nSPS) is 24.6. The van der Waals surface area contributed by atoms with Gasteiger partial charge in [-0.3, -0.25) is 0 Å². The molecule has 1 aromatic rings. The van der Waals surface area contributed by atoms with Crippen LogP contribution in [0, 0.1) is 5.92 Å². The van der Waals surface area contributed by atoms with Crippen molar-refractivity contribution in [2.75, 3.05) is 19.7 Å². The van der Waals surface area contributed by atoms with Crippen LogP contribution in [-0.2, 0) is 4.74 Å². The second-order valence-corrected chi connectivity index (χ2v) is 6.93. The molecule has 1 fully saturated rings. The number of ether oxygens (including phenoxy) is 2. The third-order valence-electron chi connectivity index (χ3n) is 4.18. The van der Waals surface area contributed by atoms with Crippen LogP contribution in [-0.4, -0.2) is 36.3 Å². The monoisotopic (exact) mass is 289 g/mol. The molecule has 0 radical (unpaired) electrons. The summed E-state index contributed by atoms with van der Waals surface area (Å²) >= 11 is 0. The average molecular weight is 289 g/mol. The van der Waals surface area contributed by atoms with Crippen molar-refractivity contribution in [3.05, 3.63) is 29.8 Å². The van der Waals surface area contributed by atoms with Crippen LogP contribution in [0.5, 0.6) is 5.75 Å². The topological polar surface area (TPSA) is 38.8 Å². The summed E-state index contributed by atoms with van der Waals surface area (Å²) < 4.78 is 11.3. The van der Waals surface area contributed by atoms with E-state index >= 15 is 0 Å². The Bertz CT molecular complexity index is 535. The van der Waals surface area contributed by atoms with Crippen molar-refractivity contribution in [1.29, 1.82) is 0 Å². The van der Waals surface area contributed by atoms with Crippen molar-refractivity contribution < 1.29 is 14.3 Å². The molecule has 0 unspecified atom stereocenters. The summed E-state index contributed by atoms with van der Waals surface area (Å²) in [6.45, 7) is 7.94. The lowest BCUT2D eigenvalue weighted by Crippen LogP contribution is -2.47. The highest BCUT2D eigenvalue weighted by Gasteiger charge is 2.38. The number of para-hydroxylation sites is 1. The zero-order valence-electron chi connectivity index (χ0n) is 13.0. The lowest BCUT2D eigenvalue weighted by atomic mass is 9.79. The molecular weight excluding hydrogens is 266 g/mol. The molecule has 4 heteroatoms. The van der Waals surface area contributed by atoms with E-state index in [9.17, 15) is 4.79 Å². The first kappa shape index (κ1) is 14.2. The lowest BCUT2D eigenvalue weighted by molar-refractivity contribution is 0.0108. The van der Waals surface area contributed by atoms with E-state index in [2.05, 4.69) is 6.07 Å². The fourth-order valence-electron chi connectivity index (χ4n) is 3.16. The van der Waals surface area contributed by atoms with Gasteiger partial charge in [-0.25, -0.2) is 4.79 Å². The highest BCUT2D eigenvalue weighted by molar-refractivity contribution is 5.68. The van der Waals surface area contributed by atoms with E-state index in [1.54, 1.807) is 0 Å². The molecule has 2 aliphatic heterocycles. The summed E-state index contributed by atoms with van der Waals surface area (Å²) in [5, 5.41) is 0. The van der Waals surface area contributed by atoms with Crippen molar-refractivity contribution in [2.24, 2.45) is 5.92 Å². The molecule has 0 saturated carbocycles. The van der Waals surface area contributed by atoms with E-state index in [-0.39, 0.29) is 6.09 Å². The zero-order chi connectivity index (χ0) is 15.0. The van der Waals surface area contributed by atoms with Gasteiger partial charge in [0.2, 0.25) is 0 Å². The Morgan fingerprint density at radius 3 is 2.86 bits per heavy atom. The number of benzene rings is 1. The molecule has 3 rings (SSSR count). The van der Waals surface area contributed by atoms with Gasteiger partial charge in [-0.2, -0.15) is 0 Å². The van der Waals surface area contributed by atoms with Crippen LogP contribution in [0.3, 0.4) is 0 Å². The molecule has 0 spiro atoms. The van der Waals surface area contributed by atoms with Gasteiger partial charge in [0.05, 0.1) is 6.61 Å². The molecule has 21 heavy (non-hydrogen) atoms. The number of rotatable bonds is 0. The van der Waals surface area contributed by atoms with E-state index in [4.69, 9.17) is 9.47 Å². The van der Waals surface area contributed by atoms with Gasteiger partial charge in [0.1, 0.15) is 11.4 Å². The average Bonchev–Trinajstić information content (AvgIpc) is 2.45. The van der Waals surface area contributed by atoms with Crippen LogP contribution in [0.1, 0.15) is 38.7 Å². The van der Waals surface area contributed by atoms with E-state index in [1.807, 2.05) is 43.9 Å². The number of carbonyl (C=O) groups is 1. The Balaban J connectivity index is 1.76. The maximum absolute atomic E-state index is 12.3. The number of hydrogen-bond acceptors (Lipinski definition) is 3. The van der Waals surface area contributed by atoms with E-state index in [0.717, 1.165) is 31.9 Å². The minimum Gasteiger partial charge on any atom is -0.493 e. The maximum Gasteiger partial charge on any atom is 0.410 e. The molecule has 2 heterocycles. The number of carbonyl (C=O) groups excluding carboxylic acids is 1. The van der Waals surface area contributed by atoms with Crippen LogP contribution < -0.4 is 4.74 Å². The predicted octanol–water partition coefficient (Wildman–Crippen LogP) is 3.42. The van der Waals surface area contributed by atoms with Gasteiger partial charge < -0.3 is 14.4 Å².